The quantitative estimate of drug-likeness (QED) is 0.821. The molecule has 1 fully saturated rings. The molecule has 0 spiro atoms. The molecule has 106 valence electrons. The fourth-order valence-electron chi connectivity index (χ4n) is 2.62. The van der Waals surface area contributed by atoms with Crippen molar-refractivity contribution in [3.05, 3.63) is 22.9 Å². The molecular weight excluding hydrogens is 252 g/mol. The van der Waals surface area contributed by atoms with Crippen LogP contribution in [0.3, 0.4) is 0 Å². The Morgan fingerprint density at radius 2 is 2.15 bits per heavy atom. The number of hydrogen-bond acceptors (Lipinski definition) is 4. The summed E-state index contributed by atoms with van der Waals surface area (Å²) in [4.78, 5) is 20.5. The normalized spacial score (nSPS) is 16.0. The molecule has 1 saturated heterocycles. The van der Waals surface area contributed by atoms with Gasteiger partial charge in [-0.05, 0) is 38.8 Å². The lowest BCUT2D eigenvalue weighted by Crippen LogP contribution is -2.37. The van der Waals surface area contributed by atoms with Gasteiger partial charge in [0, 0.05) is 25.3 Å². The number of nitriles is 1. The first-order valence-corrected chi connectivity index (χ1v) is 6.98. The second kappa shape index (κ2) is 5.91. The summed E-state index contributed by atoms with van der Waals surface area (Å²) >= 11 is 0. The largest absolute Gasteiger partial charge is 0.346 e. The molecule has 0 bridgehead atoms. The Bertz CT molecular complexity index is 562. The number of anilines is 1. The summed E-state index contributed by atoms with van der Waals surface area (Å²) < 4.78 is 0. The van der Waals surface area contributed by atoms with Gasteiger partial charge in [-0.3, -0.25) is 4.79 Å². The number of carbonyl (C=O) groups excluding carboxylic acids is 1. The average molecular weight is 272 g/mol. The molecule has 0 aliphatic carbocycles. The molecule has 0 N–H and O–H groups in total. The Morgan fingerprint density at radius 3 is 2.80 bits per heavy atom. The van der Waals surface area contributed by atoms with Crippen LogP contribution in [0.25, 0.3) is 0 Å². The maximum absolute atomic E-state index is 12.2. The van der Waals surface area contributed by atoms with Crippen LogP contribution < -0.4 is 4.90 Å². The van der Waals surface area contributed by atoms with E-state index in [2.05, 4.69) is 11.1 Å². The molecule has 1 aliphatic rings. The van der Waals surface area contributed by atoms with Crippen LogP contribution in [-0.4, -0.2) is 42.0 Å². The molecule has 0 aromatic carbocycles. The van der Waals surface area contributed by atoms with Crippen LogP contribution in [0.5, 0.6) is 0 Å². The van der Waals surface area contributed by atoms with Gasteiger partial charge in [-0.15, -0.1) is 0 Å². The zero-order valence-electron chi connectivity index (χ0n) is 12.3. The first-order chi connectivity index (χ1) is 9.56. The van der Waals surface area contributed by atoms with E-state index in [9.17, 15) is 10.1 Å². The number of likely N-dealkylation sites (N-methyl/N-ethyl adjacent to an activating group) is 1. The lowest BCUT2D eigenvalue weighted by atomic mass is 10.1. The molecule has 0 atom stereocenters. The van der Waals surface area contributed by atoms with Gasteiger partial charge in [0.1, 0.15) is 11.9 Å². The number of amides is 1. The van der Waals surface area contributed by atoms with Crippen molar-refractivity contribution in [1.29, 1.82) is 5.26 Å². The number of nitrogens with zero attached hydrogens (tertiary/aromatic N) is 4. The van der Waals surface area contributed by atoms with Gasteiger partial charge in [-0.25, -0.2) is 4.98 Å². The van der Waals surface area contributed by atoms with Crippen molar-refractivity contribution < 1.29 is 4.79 Å². The fraction of sp³-hybridized carbons (Fsp3) is 0.533. The number of rotatable bonds is 2. The second-order valence-electron chi connectivity index (χ2n) is 5.14. The van der Waals surface area contributed by atoms with Gasteiger partial charge in [0.2, 0.25) is 5.91 Å². The zero-order chi connectivity index (χ0) is 14.7. The van der Waals surface area contributed by atoms with Crippen LogP contribution >= 0.6 is 0 Å². The van der Waals surface area contributed by atoms with E-state index >= 15 is 0 Å². The van der Waals surface area contributed by atoms with Crippen LogP contribution in [0.1, 0.15) is 30.2 Å². The maximum atomic E-state index is 12.2. The summed E-state index contributed by atoms with van der Waals surface area (Å²) in [5.74, 6) is 0.756. The van der Waals surface area contributed by atoms with Gasteiger partial charge in [0.05, 0.1) is 12.1 Å². The Labute approximate surface area is 119 Å². The molecule has 5 nitrogen and oxygen atoms in total. The van der Waals surface area contributed by atoms with Crippen LogP contribution in [0.2, 0.25) is 0 Å². The highest BCUT2D eigenvalue weighted by Gasteiger charge is 2.24. The lowest BCUT2D eigenvalue weighted by molar-refractivity contribution is -0.129. The third-order valence-corrected chi connectivity index (χ3v) is 3.65. The van der Waals surface area contributed by atoms with Gasteiger partial charge in [-0.1, -0.05) is 0 Å². The highest BCUT2D eigenvalue weighted by molar-refractivity contribution is 5.82. The maximum Gasteiger partial charge on any atom is 0.242 e. The van der Waals surface area contributed by atoms with Crippen LogP contribution in [0, 0.1) is 25.2 Å². The van der Waals surface area contributed by atoms with E-state index in [0.717, 1.165) is 37.3 Å². The van der Waals surface area contributed by atoms with E-state index in [0.29, 0.717) is 17.9 Å². The van der Waals surface area contributed by atoms with Gasteiger partial charge in [0.15, 0.2) is 0 Å². The fourth-order valence-corrected chi connectivity index (χ4v) is 2.62. The summed E-state index contributed by atoms with van der Waals surface area (Å²) in [5.41, 5.74) is 2.37. The van der Waals surface area contributed by atoms with Gasteiger partial charge >= 0.3 is 0 Å². The van der Waals surface area contributed by atoms with Gasteiger partial charge < -0.3 is 9.80 Å². The molecule has 0 radical (unpaired) electrons. The molecule has 2 heterocycles. The lowest BCUT2D eigenvalue weighted by Gasteiger charge is -2.23. The van der Waals surface area contributed by atoms with Crippen molar-refractivity contribution in [2.24, 2.45) is 0 Å². The predicted octanol–water partition coefficient (Wildman–Crippen LogP) is 1.63. The molecule has 1 aromatic heterocycles. The third kappa shape index (κ3) is 2.74. The molecule has 1 amide bonds. The van der Waals surface area contributed by atoms with Crippen molar-refractivity contribution in [2.45, 2.75) is 27.2 Å². The van der Waals surface area contributed by atoms with E-state index in [-0.39, 0.29) is 5.91 Å². The molecule has 0 saturated carbocycles. The van der Waals surface area contributed by atoms with E-state index in [1.54, 1.807) is 0 Å². The Hall–Kier alpha value is -2.09. The Kier molecular flexibility index (Phi) is 4.23. The topological polar surface area (TPSA) is 60.2 Å². The highest BCUT2D eigenvalue weighted by atomic mass is 16.2. The predicted molar refractivity (Wildman–Crippen MR) is 77.5 cm³/mol. The monoisotopic (exact) mass is 272 g/mol. The van der Waals surface area contributed by atoms with Crippen molar-refractivity contribution in [3.8, 4) is 6.07 Å². The summed E-state index contributed by atoms with van der Waals surface area (Å²) in [6.45, 7) is 8.38. The third-order valence-electron chi connectivity index (χ3n) is 3.65. The molecule has 5 heteroatoms. The Morgan fingerprint density at radius 1 is 1.40 bits per heavy atom. The average Bonchev–Trinajstić information content (AvgIpc) is 2.59. The summed E-state index contributed by atoms with van der Waals surface area (Å²) in [6, 6.07) is 4.12. The number of aryl methyl sites for hydroxylation is 2. The molecule has 1 aliphatic heterocycles. The smallest absolute Gasteiger partial charge is 0.242 e. The van der Waals surface area contributed by atoms with Crippen LogP contribution in [0.15, 0.2) is 6.07 Å². The van der Waals surface area contributed by atoms with E-state index < -0.39 is 0 Å². The number of aromatic nitrogens is 1. The number of pyridine rings is 1. The molecule has 1 aromatic rings. The molecule has 0 unspecified atom stereocenters. The second-order valence-corrected chi connectivity index (χ2v) is 5.14. The number of carbonyl (C=O) groups is 1. The molecule has 20 heavy (non-hydrogen) atoms. The van der Waals surface area contributed by atoms with Gasteiger partial charge in [0.25, 0.3) is 0 Å². The zero-order valence-corrected chi connectivity index (χ0v) is 12.3. The summed E-state index contributed by atoms with van der Waals surface area (Å²) in [7, 11) is 0. The number of hydrogen-bond donors (Lipinski definition) is 0. The van der Waals surface area contributed by atoms with Crippen molar-refractivity contribution in [1.82, 2.24) is 9.88 Å². The first-order valence-electron chi connectivity index (χ1n) is 6.98. The molecular formula is C15H20N4O. The van der Waals surface area contributed by atoms with Crippen LogP contribution in [0.4, 0.5) is 5.82 Å². The van der Waals surface area contributed by atoms with E-state index in [1.807, 2.05) is 36.6 Å². The highest BCUT2D eigenvalue weighted by Crippen LogP contribution is 2.23. The Balaban J connectivity index is 2.37. The van der Waals surface area contributed by atoms with Gasteiger partial charge in [-0.2, -0.15) is 5.26 Å². The van der Waals surface area contributed by atoms with E-state index in [1.165, 1.54) is 0 Å². The minimum absolute atomic E-state index is 0.106. The van der Waals surface area contributed by atoms with Crippen molar-refractivity contribution >= 4 is 11.7 Å². The summed E-state index contributed by atoms with van der Waals surface area (Å²) in [6.07, 6.45) is 0.902. The first kappa shape index (κ1) is 14.3. The van der Waals surface area contributed by atoms with Crippen molar-refractivity contribution in [3.63, 3.8) is 0 Å². The van der Waals surface area contributed by atoms with E-state index in [4.69, 9.17) is 0 Å². The summed E-state index contributed by atoms with van der Waals surface area (Å²) in [5, 5.41) is 9.34. The minimum atomic E-state index is 0.106. The standard InChI is InChI=1S/C15H20N4O/c1-4-18-6-5-7-19(10-14(18)20)15-13(9-16)11(2)8-12(3)17-15/h8H,4-7,10H2,1-3H3. The SMILES string of the molecule is CCN1CCCN(c2nc(C)cc(C)c2C#N)CC1=O. The van der Waals surface area contributed by atoms with Crippen LogP contribution in [-0.2, 0) is 4.79 Å². The molecule has 2 rings (SSSR count). The van der Waals surface area contributed by atoms with Crippen molar-refractivity contribution in [2.75, 3.05) is 31.1 Å². The minimum Gasteiger partial charge on any atom is -0.346 e.